The lowest BCUT2D eigenvalue weighted by Gasteiger charge is -2.31. The van der Waals surface area contributed by atoms with Crippen molar-refractivity contribution in [3.05, 3.63) is 16.3 Å². The highest BCUT2D eigenvalue weighted by Gasteiger charge is 2.24. The van der Waals surface area contributed by atoms with E-state index in [0.717, 1.165) is 19.6 Å². The molecule has 0 unspecified atom stereocenters. The molecular formula is C11H16N2O2S. The van der Waals surface area contributed by atoms with Crippen molar-refractivity contribution in [2.24, 2.45) is 0 Å². The Morgan fingerprint density at radius 3 is 3.19 bits per heavy atom. The van der Waals surface area contributed by atoms with Gasteiger partial charge in [-0.2, -0.15) is 0 Å². The molecule has 1 aromatic heterocycles. The van der Waals surface area contributed by atoms with Crippen molar-refractivity contribution in [1.82, 2.24) is 10.2 Å². The molecule has 16 heavy (non-hydrogen) atoms. The van der Waals surface area contributed by atoms with Crippen molar-refractivity contribution in [3.63, 3.8) is 0 Å². The number of hydrogen-bond donors (Lipinski definition) is 1. The third-order valence-electron chi connectivity index (χ3n) is 2.70. The number of ether oxygens (including phenoxy) is 1. The van der Waals surface area contributed by atoms with Crippen molar-refractivity contribution in [2.75, 3.05) is 26.7 Å². The van der Waals surface area contributed by atoms with Crippen LogP contribution < -0.4 is 10.1 Å². The first kappa shape index (κ1) is 11.4. The van der Waals surface area contributed by atoms with Gasteiger partial charge in [0.1, 0.15) is 10.6 Å². The lowest BCUT2D eigenvalue weighted by atomic mass is 10.2. The van der Waals surface area contributed by atoms with Crippen LogP contribution in [0.3, 0.4) is 0 Å². The molecule has 0 aliphatic carbocycles. The lowest BCUT2D eigenvalue weighted by molar-refractivity contribution is 0.0711. The maximum Gasteiger partial charge on any atom is 0.267 e. The summed E-state index contributed by atoms with van der Waals surface area (Å²) in [6, 6.07) is 2.20. The van der Waals surface area contributed by atoms with Crippen molar-refractivity contribution in [3.8, 4) is 5.75 Å². The predicted octanol–water partition coefficient (Wildman–Crippen LogP) is 1.19. The molecule has 1 saturated heterocycles. The molecule has 0 saturated carbocycles. The minimum absolute atomic E-state index is 0.0835. The van der Waals surface area contributed by atoms with E-state index in [-0.39, 0.29) is 5.91 Å². The van der Waals surface area contributed by atoms with Gasteiger partial charge < -0.3 is 15.0 Å². The number of carbonyl (C=O) groups is 1. The van der Waals surface area contributed by atoms with Crippen LogP contribution in [0.25, 0.3) is 0 Å². The largest absolute Gasteiger partial charge is 0.495 e. The van der Waals surface area contributed by atoms with Crippen molar-refractivity contribution < 1.29 is 9.53 Å². The first-order valence-electron chi connectivity index (χ1n) is 5.36. The molecule has 1 amide bonds. The number of thiophene rings is 1. The van der Waals surface area contributed by atoms with Crippen LogP contribution in [0.2, 0.25) is 0 Å². The summed E-state index contributed by atoms with van der Waals surface area (Å²) < 4.78 is 5.17. The van der Waals surface area contributed by atoms with Gasteiger partial charge in [-0.3, -0.25) is 4.79 Å². The fourth-order valence-corrected chi connectivity index (χ4v) is 2.70. The van der Waals surface area contributed by atoms with Gasteiger partial charge in [0, 0.05) is 25.7 Å². The molecule has 2 rings (SSSR count). The molecule has 1 aliphatic rings. The van der Waals surface area contributed by atoms with E-state index in [1.54, 1.807) is 7.11 Å². The normalized spacial score (nSPS) is 20.9. The second-order valence-corrected chi connectivity index (χ2v) is 4.84. The van der Waals surface area contributed by atoms with E-state index >= 15 is 0 Å². The highest BCUT2D eigenvalue weighted by Crippen LogP contribution is 2.26. The minimum atomic E-state index is 0.0835. The fourth-order valence-electron chi connectivity index (χ4n) is 1.87. The zero-order chi connectivity index (χ0) is 11.5. The molecule has 88 valence electrons. The van der Waals surface area contributed by atoms with Crippen LogP contribution in [0, 0.1) is 0 Å². The molecule has 1 N–H and O–H groups in total. The van der Waals surface area contributed by atoms with E-state index in [9.17, 15) is 4.79 Å². The Morgan fingerprint density at radius 2 is 2.50 bits per heavy atom. The van der Waals surface area contributed by atoms with Gasteiger partial charge in [-0.05, 0) is 18.4 Å². The summed E-state index contributed by atoms with van der Waals surface area (Å²) in [5, 5.41) is 5.21. The van der Waals surface area contributed by atoms with E-state index in [2.05, 4.69) is 12.2 Å². The Labute approximate surface area is 99.2 Å². The van der Waals surface area contributed by atoms with E-state index in [0.29, 0.717) is 16.7 Å². The summed E-state index contributed by atoms with van der Waals surface area (Å²) >= 11 is 1.44. The Kier molecular flexibility index (Phi) is 3.46. The van der Waals surface area contributed by atoms with E-state index < -0.39 is 0 Å². The fraction of sp³-hybridized carbons (Fsp3) is 0.545. The maximum atomic E-state index is 12.2. The van der Waals surface area contributed by atoms with Crippen molar-refractivity contribution in [1.29, 1.82) is 0 Å². The molecule has 1 atom stereocenters. The zero-order valence-electron chi connectivity index (χ0n) is 9.53. The minimum Gasteiger partial charge on any atom is -0.495 e. The molecule has 0 radical (unpaired) electrons. The van der Waals surface area contributed by atoms with Gasteiger partial charge in [0.15, 0.2) is 0 Å². The van der Waals surface area contributed by atoms with Crippen LogP contribution in [0.1, 0.15) is 16.6 Å². The summed E-state index contributed by atoms with van der Waals surface area (Å²) in [5.74, 6) is 0.765. The number of piperazine rings is 1. The molecule has 1 fully saturated rings. The van der Waals surface area contributed by atoms with E-state index in [1.165, 1.54) is 11.3 Å². The van der Waals surface area contributed by atoms with Crippen LogP contribution >= 0.6 is 11.3 Å². The van der Waals surface area contributed by atoms with Gasteiger partial charge >= 0.3 is 0 Å². The van der Waals surface area contributed by atoms with E-state index in [4.69, 9.17) is 4.74 Å². The monoisotopic (exact) mass is 240 g/mol. The topological polar surface area (TPSA) is 41.6 Å². The Morgan fingerprint density at radius 1 is 1.69 bits per heavy atom. The lowest BCUT2D eigenvalue weighted by Crippen LogP contribution is -2.51. The highest BCUT2D eigenvalue weighted by molar-refractivity contribution is 7.12. The van der Waals surface area contributed by atoms with Gasteiger partial charge in [0.2, 0.25) is 0 Å². The van der Waals surface area contributed by atoms with Crippen LogP contribution in [-0.2, 0) is 0 Å². The van der Waals surface area contributed by atoms with Gasteiger partial charge in [-0.15, -0.1) is 11.3 Å². The number of nitrogens with zero attached hydrogens (tertiary/aromatic N) is 1. The van der Waals surface area contributed by atoms with Crippen LogP contribution in [0.4, 0.5) is 0 Å². The number of rotatable bonds is 2. The molecule has 1 aliphatic heterocycles. The third-order valence-corrected chi connectivity index (χ3v) is 3.58. The molecule has 1 aromatic rings. The number of methoxy groups -OCH3 is 1. The number of hydrogen-bond acceptors (Lipinski definition) is 4. The first-order valence-corrected chi connectivity index (χ1v) is 6.24. The summed E-state index contributed by atoms with van der Waals surface area (Å²) in [6.45, 7) is 4.48. The predicted molar refractivity (Wildman–Crippen MR) is 64.2 cm³/mol. The SMILES string of the molecule is COc1ccsc1C(=O)N1CCN[C@H](C)C1. The van der Waals surface area contributed by atoms with Gasteiger partial charge in [-0.1, -0.05) is 0 Å². The highest BCUT2D eigenvalue weighted by atomic mass is 32.1. The average molecular weight is 240 g/mol. The maximum absolute atomic E-state index is 12.2. The Balaban J connectivity index is 2.12. The molecule has 0 spiro atoms. The standard InChI is InChI=1S/C11H16N2O2S/c1-8-7-13(5-4-12-8)11(14)10-9(15-2)3-6-16-10/h3,6,8,12H,4-5,7H2,1-2H3/t8-/m1/s1. The van der Waals surface area contributed by atoms with Crippen LogP contribution in [0.5, 0.6) is 5.75 Å². The molecule has 2 heterocycles. The number of carbonyl (C=O) groups excluding carboxylic acids is 1. The van der Waals surface area contributed by atoms with Gasteiger partial charge in [-0.25, -0.2) is 0 Å². The summed E-state index contributed by atoms with van der Waals surface area (Å²) in [5.41, 5.74) is 0. The Bertz CT molecular complexity index is 378. The molecule has 5 heteroatoms. The van der Waals surface area contributed by atoms with Crippen molar-refractivity contribution in [2.45, 2.75) is 13.0 Å². The summed E-state index contributed by atoms with van der Waals surface area (Å²) in [4.78, 5) is 14.8. The first-order chi connectivity index (χ1) is 7.72. The van der Waals surface area contributed by atoms with Gasteiger partial charge in [0.25, 0.3) is 5.91 Å². The van der Waals surface area contributed by atoms with Crippen LogP contribution in [0.15, 0.2) is 11.4 Å². The Hall–Kier alpha value is -1.07. The van der Waals surface area contributed by atoms with E-state index in [1.807, 2.05) is 16.3 Å². The quantitative estimate of drug-likeness (QED) is 0.844. The van der Waals surface area contributed by atoms with Gasteiger partial charge in [0.05, 0.1) is 7.11 Å². The average Bonchev–Trinajstić information content (AvgIpc) is 2.76. The molecule has 0 bridgehead atoms. The van der Waals surface area contributed by atoms with Crippen molar-refractivity contribution >= 4 is 17.2 Å². The summed E-state index contributed by atoms with van der Waals surface area (Å²) in [7, 11) is 1.60. The smallest absolute Gasteiger partial charge is 0.267 e. The second kappa shape index (κ2) is 4.84. The summed E-state index contributed by atoms with van der Waals surface area (Å²) in [6.07, 6.45) is 0. The molecule has 0 aromatic carbocycles. The third kappa shape index (κ3) is 2.20. The number of nitrogens with one attached hydrogen (secondary N) is 1. The molecule has 4 nitrogen and oxygen atoms in total. The number of amides is 1. The zero-order valence-corrected chi connectivity index (χ0v) is 10.3. The second-order valence-electron chi connectivity index (χ2n) is 3.92. The van der Waals surface area contributed by atoms with Crippen LogP contribution in [-0.4, -0.2) is 43.6 Å². The molecular weight excluding hydrogens is 224 g/mol.